The van der Waals surface area contributed by atoms with Gasteiger partial charge in [0.15, 0.2) is 0 Å². The summed E-state index contributed by atoms with van der Waals surface area (Å²) in [5.41, 5.74) is -1.78. The van der Waals surface area contributed by atoms with Crippen LogP contribution in [0.3, 0.4) is 0 Å². The topological polar surface area (TPSA) is 171 Å². The SMILES string of the molecule is CCC(C)C(NC(=O)C(=O)C(C)(C)NC(=O)C(Cc1ccccc1)NC(=O)Cc1ccccc1)C(=O)NC(C)(C)C(=O)O. The van der Waals surface area contributed by atoms with Gasteiger partial charge in [0.05, 0.1) is 6.42 Å². The van der Waals surface area contributed by atoms with Gasteiger partial charge in [-0.05, 0) is 44.7 Å². The van der Waals surface area contributed by atoms with Crippen LogP contribution in [0.25, 0.3) is 0 Å². The van der Waals surface area contributed by atoms with Crippen LogP contribution >= 0.6 is 0 Å². The zero-order valence-electron chi connectivity index (χ0n) is 25.5. The van der Waals surface area contributed by atoms with E-state index in [9.17, 15) is 33.9 Å². The normalized spacial score (nSPS) is 13.5. The fourth-order valence-corrected chi connectivity index (χ4v) is 4.17. The van der Waals surface area contributed by atoms with Crippen LogP contribution in [0.4, 0.5) is 0 Å². The fourth-order valence-electron chi connectivity index (χ4n) is 4.17. The third-order valence-corrected chi connectivity index (χ3v) is 7.10. The second-order valence-corrected chi connectivity index (χ2v) is 11.7. The summed E-state index contributed by atoms with van der Waals surface area (Å²) in [6, 6.07) is 15.8. The average molecular weight is 595 g/mol. The van der Waals surface area contributed by atoms with Crippen molar-refractivity contribution in [3.05, 3.63) is 71.8 Å². The number of carbonyl (C=O) groups is 6. The number of hydrogen-bond donors (Lipinski definition) is 5. The van der Waals surface area contributed by atoms with Crippen molar-refractivity contribution in [1.29, 1.82) is 0 Å². The minimum Gasteiger partial charge on any atom is -0.480 e. The molecule has 0 radical (unpaired) electrons. The summed E-state index contributed by atoms with van der Waals surface area (Å²) in [4.78, 5) is 77.1. The van der Waals surface area contributed by atoms with Crippen molar-refractivity contribution < 1.29 is 33.9 Å². The number of hydrogen-bond acceptors (Lipinski definition) is 6. The Morgan fingerprint density at radius 3 is 1.77 bits per heavy atom. The quantitative estimate of drug-likeness (QED) is 0.196. The fraction of sp³-hybridized carbons (Fsp3) is 0.438. The first-order chi connectivity index (χ1) is 20.1. The molecule has 0 aliphatic rings. The molecule has 0 heterocycles. The van der Waals surface area contributed by atoms with Gasteiger partial charge in [-0.3, -0.25) is 24.0 Å². The van der Waals surface area contributed by atoms with Crippen molar-refractivity contribution in [3.63, 3.8) is 0 Å². The summed E-state index contributed by atoms with van der Waals surface area (Å²) in [6.07, 6.45) is 0.630. The van der Waals surface area contributed by atoms with Crippen LogP contribution in [0.5, 0.6) is 0 Å². The summed E-state index contributed by atoms with van der Waals surface area (Å²) in [7, 11) is 0. The Hall–Kier alpha value is -4.54. The summed E-state index contributed by atoms with van der Waals surface area (Å²) in [5, 5.41) is 19.5. The van der Waals surface area contributed by atoms with Crippen molar-refractivity contribution in [2.75, 3.05) is 0 Å². The van der Waals surface area contributed by atoms with Crippen LogP contribution in [-0.2, 0) is 41.6 Å². The molecule has 0 saturated heterocycles. The molecule has 232 valence electrons. The third-order valence-electron chi connectivity index (χ3n) is 7.10. The van der Waals surface area contributed by atoms with Gasteiger partial charge in [-0.25, -0.2) is 4.79 Å². The van der Waals surface area contributed by atoms with Gasteiger partial charge in [0.1, 0.15) is 23.2 Å². The number of amides is 4. The van der Waals surface area contributed by atoms with E-state index in [1.165, 1.54) is 27.7 Å². The van der Waals surface area contributed by atoms with Gasteiger partial charge in [-0.2, -0.15) is 0 Å². The highest BCUT2D eigenvalue weighted by Crippen LogP contribution is 2.13. The van der Waals surface area contributed by atoms with Crippen molar-refractivity contribution >= 4 is 35.4 Å². The highest BCUT2D eigenvalue weighted by Gasteiger charge is 2.40. The standard InChI is InChI=1S/C32H42N4O7/c1-7-20(2)25(28(40)36-32(5,6)30(42)43)34-29(41)26(38)31(3,4)35-27(39)23(18-21-14-10-8-11-15-21)33-24(37)19-22-16-12-9-13-17-22/h8-17,20,23,25H,7,18-19H2,1-6H3,(H,33,37)(H,34,41)(H,35,39)(H,36,40)(H,42,43). The minimum atomic E-state index is -1.71. The highest BCUT2D eigenvalue weighted by molar-refractivity contribution is 6.40. The van der Waals surface area contributed by atoms with Gasteiger partial charge in [-0.1, -0.05) is 80.9 Å². The lowest BCUT2D eigenvalue weighted by Gasteiger charge is -2.30. The number of ketones is 1. The lowest BCUT2D eigenvalue weighted by Crippen LogP contribution is -2.62. The Bertz CT molecular complexity index is 1310. The zero-order valence-corrected chi connectivity index (χ0v) is 25.5. The Balaban J connectivity index is 2.19. The van der Waals surface area contributed by atoms with Gasteiger partial charge < -0.3 is 26.4 Å². The van der Waals surface area contributed by atoms with Crippen molar-refractivity contribution in [1.82, 2.24) is 21.3 Å². The van der Waals surface area contributed by atoms with E-state index in [1.54, 1.807) is 62.4 Å². The van der Waals surface area contributed by atoms with Gasteiger partial charge in [0.2, 0.25) is 23.5 Å². The number of carboxylic acids is 1. The molecule has 11 nitrogen and oxygen atoms in total. The Kier molecular flexibility index (Phi) is 12.2. The number of Topliss-reactive ketones (excluding diaryl/α,β-unsaturated/α-hetero) is 1. The van der Waals surface area contributed by atoms with E-state index in [0.717, 1.165) is 11.1 Å². The van der Waals surface area contributed by atoms with E-state index in [1.807, 2.05) is 12.1 Å². The maximum absolute atomic E-state index is 13.5. The largest absolute Gasteiger partial charge is 0.480 e. The number of carbonyl (C=O) groups excluding carboxylic acids is 5. The molecule has 4 amide bonds. The number of nitrogens with one attached hydrogen (secondary N) is 4. The Labute approximate surface area is 252 Å². The van der Waals surface area contributed by atoms with Gasteiger partial charge in [-0.15, -0.1) is 0 Å². The smallest absolute Gasteiger partial charge is 0.328 e. The number of aliphatic carboxylic acids is 1. The van der Waals surface area contributed by atoms with E-state index < -0.39 is 64.5 Å². The van der Waals surface area contributed by atoms with Crippen LogP contribution in [-0.4, -0.2) is 63.6 Å². The summed E-state index contributed by atoms with van der Waals surface area (Å²) < 4.78 is 0. The maximum atomic E-state index is 13.5. The molecule has 43 heavy (non-hydrogen) atoms. The van der Waals surface area contributed by atoms with Gasteiger partial charge in [0.25, 0.3) is 5.91 Å². The van der Waals surface area contributed by atoms with Crippen molar-refractivity contribution in [2.24, 2.45) is 5.92 Å². The summed E-state index contributed by atoms with van der Waals surface area (Å²) in [6.45, 7) is 8.77. The second-order valence-electron chi connectivity index (χ2n) is 11.7. The molecule has 0 aliphatic carbocycles. The first-order valence-corrected chi connectivity index (χ1v) is 14.2. The summed E-state index contributed by atoms with van der Waals surface area (Å²) in [5.74, 6) is -5.66. The molecule has 0 bridgehead atoms. The Morgan fingerprint density at radius 1 is 0.744 bits per heavy atom. The molecule has 0 aromatic heterocycles. The molecule has 0 aliphatic heterocycles. The first kappa shape index (κ1) is 34.7. The van der Waals surface area contributed by atoms with Crippen LogP contribution in [0.2, 0.25) is 0 Å². The average Bonchev–Trinajstić information content (AvgIpc) is 2.95. The molecule has 11 heteroatoms. The molecule has 2 aromatic rings. The van der Waals surface area contributed by atoms with Crippen LogP contribution in [0, 0.1) is 5.92 Å². The number of benzene rings is 2. The molecule has 0 fully saturated rings. The molecule has 3 unspecified atom stereocenters. The monoisotopic (exact) mass is 594 g/mol. The van der Waals surface area contributed by atoms with E-state index in [-0.39, 0.29) is 12.8 Å². The predicted molar refractivity (Wildman–Crippen MR) is 161 cm³/mol. The summed E-state index contributed by atoms with van der Waals surface area (Å²) >= 11 is 0. The van der Waals surface area contributed by atoms with Crippen LogP contribution in [0.15, 0.2) is 60.7 Å². The predicted octanol–water partition coefficient (Wildman–Crippen LogP) is 1.93. The molecule has 0 spiro atoms. The molecule has 2 rings (SSSR count). The van der Waals surface area contributed by atoms with Crippen LogP contribution < -0.4 is 21.3 Å². The molecular formula is C32H42N4O7. The molecule has 5 N–H and O–H groups in total. The minimum absolute atomic E-state index is 0.0435. The lowest BCUT2D eigenvalue weighted by atomic mass is 9.93. The molecule has 3 atom stereocenters. The van der Waals surface area contributed by atoms with E-state index in [2.05, 4.69) is 21.3 Å². The maximum Gasteiger partial charge on any atom is 0.328 e. The number of rotatable bonds is 15. The van der Waals surface area contributed by atoms with Crippen LogP contribution in [0.1, 0.15) is 59.1 Å². The molecule has 0 saturated carbocycles. The lowest BCUT2D eigenvalue weighted by molar-refractivity contribution is -0.147. The van der Waals surface area contributed by atoms with E-state index in [0.29, 0.717) is 6.42 Å². The van der Waals surface area contributed by atoms with Crippen molar-refractivity contribution in [3.8, 4) is 0 Å². The molecule has 2 aromatic carbocycles. The third kappa shape index (κ3) is 10.4. The second kappa shape index (κ2) is 15.1. The first-order valence-electron chi connectivity index (χ1n) is 14.2. The van der Waals surface area contributed by atoms with Crippen molar-refractivity contribution in [2.45, 2.75) is 84.0 Å². The molecular weight excluding hydrogens is 552 g/mol. The van der Waals surface area contributed by atoms with Gasteiger partial charge >= 0.3 is 5.97 Å². The van der Waals surface area contributed by atoms with Gasteiger partial charge in [0, 0.05) is 6.42 Å². The Morgan fingerprint density at radius 2 is 1.26 bits per heavy atom. The highest BCUT2D eigenvalue weighted by atomic mass is 16.4. The number of carboxylic acid groups (broad SMARTS) is 1. The zero-order chi connectivity index (χ0) is 32.4. The van der Waals surface area contributed by atoms with E-state index in [4.69, 9.17) is 0 Å². The van der Waals surface area contributed by atoms with E-state index >= 15 is 0 Å².